The second-order valence-electron chi connectivity index (χ2n) is 13.0. The molecule has 0 spiro atoms. The monoisotopic (exact) mass is 766 g/mol. The van der Waals surface area contributed by atoms with Crippen molar-refractivity contribution in [3.8, 4) is 0 Å². The van der Waals surface area contributed by atoms with E-state index in [4.69, 9.17) is 0 Å². The first-order valence-electron chi connectivity index (χ1n) is 18.8. The van der Waals surface area contributed by atoms with E-state index in [9.17, 15) is 4.79 Å². The third-order valence-corrected chi connectivity index (χ3v) is 8.77. The zero-order valence-corrected chi connectivity index (χ0v) is 32.7. The van der Waals surface area contributed by atoms with Gasteiger partial charge in [-0.05, 0) is 25.0 Å². The van der Waals surface area contributed by atoms with Gasteiger partial charge in [-0.1, -0.05) is 142 Å². The summed E-state index contributed by atoms with van der Waals surface area (Å²) >= 11 is 0. The number of anilines is 2. The van der Waals surface area contributed by atoms with E-state index in [0.29, 0.717) is 0 Å². The number of unbranched alkanes of at least 4 members (excludes halogenated alkanes) is 22. The molecule has 0 aromatic carbocycles. The van der Waals surface area contributed by atoms with Gasteiger partial charge in [0.2, 0.25) is 0 Å². The van der Waals surface area contributed by atoms with Gasteiger partial charge in [0.05, 0.1) is 0 Å². The summed E-state index contributed by atoms with van der Waals surface area (Å²) in [4.78, 5) is 12.7. The Morgan fingerprint density at radius 2 is 0.761 bits per heavy atom. The first-order chi connectivity index (χ1) is 21.7. The highest BCUT2D eigenvalue weighted by atomic mass is 79.9. The van der Waals surface area contributed by atoms with Crippen LogP contribution in [0.15, 0.2) is 49.1 Å². The molecule has 0 saturated carbocycles. The van der Waals surface area contributed by atoms with E-state index < -0.39 is 0 Å². The standard InChI is InChI=1S/C39H67N4O.2BrH/c1-3-5-7-9-11-13-15-17-19-21-23-25-31-42-33-27-29-37(35-42)40-39(44)41-38-30-28-34-43(36-38)32-26-24-22-20-18-16-14-12-10-8-6-4-2;;/h27-30,33-36H,3-26,31-32H2,1-2H3,(H-,40,41,44);2*1H/q+1;;/p-1. The number of carbonyl (C=O) groups is 1. The highest BCUT2D eigenvalue weighted by Crippen LogP contribution is 2.14. The van der Waals surface area contributed by atoms with Crippen molar-refractivity contribution in [3.63, 3.8) is 0 Å². The average molecular weight is 769 g/mol. The minimum atomic E-state index is -0.198. The van der Waals surface area contributed by atoms with E-state index in [1.165, 1.54) is 154 Å². The largest absolute Gasteiger partial charge is 1.00 e. The molecule has 5 nitrogen and oxygen atoms in total. The fourth-order valence-electron chi connectivity index (χ4n) is 6.03. The van der Waals surface area contributed by atoms with E-state index in [-0.39, 0.29) is 40.0 Å². The highest BCUT2D eigenvalue weighted by Gasteiger charge is 2.10. The molecule has 2 aromatic rings. The maximum atomic E-state index is 12.7. The van der Waals surface area contributed by atoms with Crippen molar-refractivity contribution in [1.82, 2.24) is 0 Å². The van der Waals surface area contributed by atoms with Crippen LogP contribution in [0.4, 0.5) is 16.2 Å². The second kappa shape index (κ2) is 32.1. The summed E-state index contributed by atoms with van der Waals surface area (Å²) in [5.41, 5.74) is 1.65. The molecular weight excluding hydrogens is 700 g/mol. The van der Waals surface area contributed by atoms with Gasteiger partial charge in [-0.15, -0.1) is 0 Å². The Kier molecular flexibility index (Phi) is 31.1. The van der Waals surface area contributed by atoms with Crippen molar-refractivity contribution in [3.05, 3.63) is 49.1 Å². The highest BCUT2D eigenvalue weighted by molar-refractivity contribution is 5.99. The lowest BCUT2D eigenvalue weighted by Crippen LogP contribution is -3.00. The van der Waals surface area contributed by atoms with Crippen LogP contribution in [0.25, 0.3) is 0 Å². The number of halogens is 2. The number of urea groups is 1. The zero-order chi connectivity index (χ0) is 31.3. The molecule has 0 fully saturated rings. The van der Waals surface area contributed by atoms with Crippen LogP contribution in [0.1, 0.15) is 168 Å². The Balaban J connectivity index is 0.0000101. The lowest BCUT2D eigenvalue weighted by molar-refractivity contribution is -0.696. The lowest BCUT2D eigenvalue weighted by atomic mass is 10.1. The first kappa shape index (κ1) is 44.5. The number of nitrogens with one attached hydrogen (secondary N) is 2. The molecule has 0 aliphatic heterocycles. The molecule has 0 aliphatic carbocycles. The Labute approximate surface area is 304 Å². The smallest absolute Gasteiger partial charge is 0.324 e. The van der Waals surface area contributed by atoms with Crippen LogP contribution < -0.4 is 53.7 Å². The predicted molar refractivity (Wildman–Crippen MR) is 188 cm³/mol. The molecule has 0 unspecified atom stereocenters. The number of rotatable bonds is 28. The van der Waals surface area contributed by atoms with Crippen LogP contribution in [-0.4, -0.2) is 6.03 Å². The SMILES string of the molecule is CCCCCCCCCCCCCC[n+]1cccc(NC(=O)Nc2ccc[n+](CCCCCCCCCCCCCC)c2)c1.[Br-].[Br-]. The van der Waals surface area contributed by atoms with Crippen LogP contribution in [-0.2, 0) is 13.1 Å². The quantitative estimate of drug-likeness (QED) is 0.0896. The fraction of sp³-hybridized carbons (Fsp3) is 0.718. The first-order valence-corrected chi connectivity index (χ1v) is 18.8. The van der Waals surface area contributed by atoms with Gasteiger partial charge in [0.15, 0.2) is 24.8 Å². The minimum Gasteiger partial charge on any atom is -1.00 e. The molecule has 0 atom stereocenters. The van der Waals surface area contributed by atoms with Crippen molar-refractivity contribution in [2.45, 2.75) is 181 Å². The molecule has 2 rings (SSSR count). The van der Waals surface area contributed by atoms with Crippen LogP contribution in [0, 0.1) is 0 Å². The molecule has 264 valence electrons. The number of carbonyl (C=O) groups excluding carboxylic acids is 1. The van der Waals surface area contributed by atoms with Crippen molar-refractivity contribution in [2.24, 2.45) is 0 Å². The number of aromatic nitrogens is 2. The maximum absolute atomic E-state index is 12.7. The van der Waals surface area contributed by atoms with Crippen molar-refractivity contribution >= 4 is 17.4 Å². The van der Waals surface area contributed by atoms with Gasteiger partial charge in [0.1, 0.15) is 24.5 Å². The van der Waals surface area contributed by atoms with E-state index in [1.54, 1.807) is 0 Å². The Bertz CT molecular complexity index is 899. The molecule has 0 saturated heterocycles. The molecule has 2 N–H and O–H groups in total. The van der Waals surface area contributed by atoms with Crippen LogP contribution in [0.2, 0.25) is 0 Å². The Morgan fingerprint density at radius 1 is 0.478 bits per heavy atom. The maximum Gasteiger partial charge on any atom is 0.324 e. The van der Waals surface area contributed by atoms with Gasteiger partial charge in [-0.3, -0.25) is 0 Å². The fourth-order valence-corrected chi connectivity index (χ4v) is 6.03. The summed E-state index contributed by atoms with van der Waals surface area (Å²) in [5, 5.41) is 6.02. The Hall–Kier alpha value is -1.47. The Morgan fingerprint density at radius 3 is 1.07 bits per heavy atom. The molecule has 2 amide bonds. The number of aryl methyl sites for hydroxylation is 2. The van der Waals surface area contributed by atoms with E-state index in [0.717, 1.165) is 24.5 Å². The third-order valence-electron chi connectivity index (χ3n) is 8.77. The molecule has 2 aromatic heterocycles. The summed E-state index contributed by atoms with van der Waals surface area (Å²) in [6.45, 7) is 6.55. The topological polar surface area (TPSA) is 48.9 Å². The van der Waals surface area contributed by atoms with Gasteiger partial charge in [0, 0.05) is 25.0 Å². The summed E-state index contributed by atoms with van der Waals surface area (Å²) in [5.74, 6) is 0. The zero-order valence-electron chi connectivity index (χ0n) is 29.6. The van der Waals surface area contributed by atoms with Gasteiger partial charge in [-0.2, -0.15) is 0 Å². The molecule has 0 aliphatic rings. The molecule has 46 heavy (non-hydrogen) atoms. The summed E-state index contributed by atoms with van der Waals surface area (Å²) < 4.78 is 4.38. The van der Waals surface area contributed by atoms with Crippen molar-refractivity contribution in [2.75, 3.05) is 10.6 Å². The van der Waals surface area contributed by atoms with Gasteiger partial charge < -0.3 is 44.6 Å². The normalized spacial score (nSPS) is 10.7. The molecular formula is C39H68Br2N4O. The van der Waals surface area contributed by atoms with Gasteiger partial charge >= 0.3 is 6.03 Å². The molecule has 0 radical (unpaired) electrons. The summed E-state index contributed by atoms with van der Waals surface area (Å²) in [6.07, 6.45) is 40.9. The van der Waals surface area contributed by atoms with Crippen molar-refractivity contribution < 1.29 is 47.9 Å². The molecule has 0 bridgehead atoms. The number of nitrogens with zero attached hydrogens (tertiary/aromatic N) is 2. The van der Waals surface area contributed by atoms with Crippen LogP contribution in [0.3, 0.4) is 0 Å². The van der Waals surface area contributed by atoms with Crippen LogP contribution >= 0.6 is 0 Å². The second-order valence-corrected chi connectivity index (χ2v) is 13.0. The van der Waals surface area contributed by atoms with E-state index in [2.05, 4.69) is 46.0 Å². The third kappa shape index (κ3) is 24.7. The molecule has 7 heteroatoms. The lowest BCUT2D eigenvalue weighted by Gasteiger charge is -2.07. The number of hydrogen-bond acceptors (Lipinski definition) is 1. The number of pyridine rings is 2. The van der Waals surface area contributed by atoms with Crippen LogP contribution in [0.5, 0.6) is 0 Å². The van der Waals surface area contributed by atoms with E-state index in [1.807, 2.05) is 36.7 Å². The van der Waals surface area contributed by atoms with Crippen molar-refractivity contribution in [1.29, 1.82) is 0 Å². The number of hydrogen-bond donors (Lipinski definition) is 2. The predicted octanol–water partition coefficient (Wildman–Crippen LogP) is 5.32. The van der Waals surface area contributed by atoms with E-state index >= 15 is 0 Å². The number of amides is 2. The minimum absolute atomic E-state index is 0. The van der Waals surface area contributed by atoms with Gasteiger partial charge in [0.25, 0.3) is 0 Å². The summed E-state index contributed by atoms with van der Waals surface area (Å²) in [7, 11) is 0. The average Bonchev–Trinajstić information content (AvgIpc) is 3.02. The molecule has 2 heterocycles. The van der Waals surface area contributed by atoms with Gasteiger partial charge in [-0.25, -0.2) is 13.9 Å². The summed E-state index contributed by atoms with van der Waals surface area (Å²) in [6, 6.07) is 7.74.